The second-order valence-electron chi connectivity index (χ2n) is 6.36. The van der Waals surface area contributed by atoms with Gasteiger partial charge in [-0.05, 0) is 38.9 Å². The molecular formula is C16H22F2N2O2. The summed E-state index contributed by atoms with van der Waals surface area (Å²) in [6, 6.07) is 3.06. The normalized spacial score (nSPS) is 19.4. The Morgan fingerprint density at radius 3 is 2.77 bits per heavy atom. The van der Waals surface area contributed by atoms with Crippen LogP contribution in [0, 0.1) is 17.6 Å². The highest BCUT2D eigenvalue weighted by Crippen LogP contribution is 2.27. The third kappa shape index (κ3) is 4.48. The molecule has 1 aromatic carbocycles. The molecular weight excluding hydrogens is 290 g/mol. The molecule has 4 nitrogen and oxygen atoms in total. The summed E-state index contributed by atoms with van der Waals surface area (Å²) in [7, 11) is 0. The minimum Gasteiger partial charge on any atom is -0.390 e. The Bertz CT molecular complexity index is 543. The van der Waals surface area contributed by atoms with Crippen LogP contribution in [0.15, 0.2) is 18.2 Å². The van der Waals surface area contributed by atoms with Gasteiger partial charge in [0, 0.05) is 31.5 Å². The van der Waals surface area contributed by atoms with Crippen molar-refractivity contribution in [2.75, 3.05) is 25.0 Å². The van der Waals surface area contributed by atoms with Gasteiger partial charge in [-0.15, -0.1) is 0 Å². The van der Waals surface area contributed by atoms with Crippen molar-refractivity contribution in [2.24, 2.45) is 5.92 Å². The maximum absolute atomic E-state index is 13.4. The SMILES string of the molecule is CC(C)(O)[C@@H]1CCN(CCC(=O)Nc2ccc(F)cc2F)C1. The van der Waals surface area contributed by atoms with Gasteiger partial charge in [-0.1, -0.05) is 0 Å². The van der Waals surface area contributed by atoms with E-state index in [2.05, 4.69) is 10.2 Å². The molecule has 1 aliphatic rings. The first-order valence-corrected chi connectivity index (χ1v) is 7.45. The van der Waals surface area contributed by atoms with Crippen LogP contribution >= 0.6 is 0 Å². The van der Waals surface area contributed by atoms with E-state index in [1.54, 1.807) is 13.8 Å². The van der Waals surface area contributed by atoms with Gasteiger partial charge in [0.15, 0.2) is 0 Å². The van der Waals surface area contributed by atoms with Crippen LogP contribution in [0.1, 0.15) is 26.7 Å². The van der Waals surface area contributed by atoms with Gasteiger partial charge in [-0.25, -0.2) is 8.78 Å². The quantitative estimate of drug-likeness (QED) is 0.878. The van der Waals surface area contributed by atoms with Crippen LogP contribution in [0.5, 0.6) is 0 Å². The Hall–Kier alpha value is -1.53. The second-order valence-corrected chi connectivity index (χ2v) is 6.36. The summed E-state index contributed by atoms with van der Waals surface area (Å²) in [5.41, 5.74) is -0.726. The Kier molecular flexibility index (Phi) is 5.13. The molecule has 0 spiro atoms. The summed E-state index contributed by atoms with van der Waals surface area (Å²) in [6.07, 6.45) is 1.13. The minimum absolute atomic E-state index is 0.0119. The molecule has 2 N–H and O–H groups in total. The minimum atomic E-state index is -0.781. The molecule has 1 amide bonds. The van der Waals surface area contributed by atoms with E-state index in [1.165, 1.54) is 6.07 Å². The van der Waals surface area contributed by atoms with Crippen LogP contribution in [-0.4, -0.2) is 41.1 Å². The van der Waals surface area contributed by atoms with Crippen LogP contribution in [0.25, 0.3) is 0 Å². The lowest BCUT2D eigenvalue weighted by molar-refractivity contribution is -0.116. The van der Waals surface area contributed by atoms with Crippen LogP contribution in [-0.2, 0) is 4.79 Å². The summed E-state index contributed by atoms with van der Waals surface area (Å²) >= 11 is 0. The van der Waals surface area contributed by atoms with Gasteiger partial charge >= 0.3 is 0 Å². The van der Waals surface area contributed by atoms with Crippen LogP contribution in [0.3, 0.4) is 0 Å². The number of hydrogen-bond acceptors (Lipinski definition) is 3. The van der Waals surface area contributed by atoms with E-state index >= 15 is 0 Å². The number of hydrogen-bond donors (Lipinski definition) is 2. The molecule has 1 heterocycles. The number of anilines is 1. The number of rotatable bonds is 5. The predicted octanol–water partition coefficient (Wildman–Crippen LogP) is 2.39. The van der Waals surface area contributed by atoms with E-state index < -0.39 is 17.2 Å². The van der Waals surface area contributed by atoms with Crippen molar-refractivity contribution in [3.63, 3.8) is 0 Å². The highest BCUT2D eigenvalue weighted by atomic mass is 19.1. The summed E-state index contributed by atoms with van der Waals surface area (Å²) in [6.45, 7) is 5.74. The highest BCUT2D eigenvalue weighted by molar-refractivity contribution is 5.90. The van der Waals surface area contributed by atoms with Crippen LogP contribution in [0.2, 0.25) is 0 Å². The molecule has 0 saturated carbocycles. The van der Waals surface area contributed by atoms with E-state index in [-0.39, 0.29) is 23.9 Å². The van der Waals surface area contributed by atoms with Crippen LogP contribution < -0.4 is 5.32 Å². The summed E-state index contributed by atoms with van der Waals surface area (Å²) in [5, 5.41) is 12.4. The number of carbonyl (C=O) groups excluding carboxylic acids is 1. The number of likely N-dealkylation sites (tertiary alicyclic amines) is 1. The van der Waals surface area contributed by atoms with Crippen molar-refractivity contribution in [3.05, 3.63) is 29.8 Å². The maximum atomic E-state index is 13.4. The number of nitrogens with one attached hydrogen (secondary N) is 1. The molecule has 1 aromatic rings. The fourth-order valence-electron chi connectivity index (χ4n) is 2.68. The van der Waals surface area contributed by atoms with Gasteiger partial charge in [0.05, 0.1) is 11.3 Å². The summed E-state index contributed by atoms with van der Waals surface area (Å²) in [5.74, 6) is -1.57. The number of benzene rings is 1. The van der Waals surface area contributed by atoms with E-state index in [1.807, 2.05) is 0 Å². The molecule has 0 aliphatic carbocycles. The van der Waals surface area contributed by atoms with Crippen molar-refractivity contribution < 1.29 is 18.7 Å². The molecule has 122 valence electrons. The lowest BCUT2D eigenvalue weighted by Gasteiger charge is -2.25. The maximum Gasteiger partial charge on any atom is 0.225 e. The smallest absolute Gasteiger partial charge is 0.225 e. The Balaban J connectivity index is 1.79. The number of carbonyl (C=O) groups is 1. The average Bonchev–Trinajstić information content (AvgIpc) is 2.88. The fourth-order valence-corrected chi connectivity index (χ4v) is 2.68. The van der Waals surface area contributed by atoms with Crippen LogP contribution in [0.4, 0.5) is 14.5 Å². The lowest BCUT2D eigenvalue weighted by Crippen LogP contribution is -2.34. The first-order valence-electron chi connectivity index (χ1n) is 7.45. The Labute approximate surface area is 129 Å². The van der Waals surface area contributed by atoms with Gasteiger partial charge in [-0.2, -0.15) is 0 Å². The monoisotopic (exact) mass is 312 g/mol. The van der Waals surface area contributed by atoms with Crippen molar-refractivity contribution in [1.29, 1.82) is 0 Å². The predicted molar refractivity (Wildman–Crippen MR) is 80.4 cm³/mol. The first-order chi connectivity index (χ1) is 10.3. The lowest BCUT2D eigenvalue weighted by atomic mass is 9.90. The molecule has 1 atom stereocenters. The number of amides is 1. The summed E-state index contributed by atoms with van der Waals surface area (Å²) in [4.78, 5) is 14.0. The zero-order valence-electron chi connectivity index (χ0n) is 12.9. The van der Waals surface area contributed by atoms with Gasteiger partial charge in [-0.3, -0.25) is 4.79 Å². The van der Waals surface area contributed by atoms with E-state index in [4.69, 9.17) is 0 Å². The largest absolute Gasteiger partial charge is 0.390 e. The third-order valence-electron chi connectivity index (χ3n) is 4.13. The zero-order valence-corrected chi connectivity index (χ0v) is 12.9. The first kappa shape index (κ1) is 16.8. The molecule has 1 fully saturated rings. The van der Waals surface area contributed by atoms with Crippen molar-refractivity contribution in [1.82, 2.24) is 4.90 Å². The van der Waals surface area contributed by atoms with Crippen molar-refractivity contribution in [3.8, 4) is 0 Å². The molecule has 6 heteroatoms. The van der Waals surface area contributed by atoms with Crippen molar-refractivity contribution >= 4 is 11.6 Å². The molecule has 2 rings (SSSR count). The standard InChI is InChI=1S/C16H22F2N2O2/c1-16(2,22)11-5-7-20(10-11)8-6-15(21)19-14-4-3-12(17)9-13(14)18/h3-4,9,11,22H,5-8,10H2,1-2H3,(H,19,21)/t11-/m1/s1. The number of nitrogens with zero attached hydrogens (tertiary/aromatic N) is 1. The van der Waals surface area contributed by atoms with Crippen molar-refractivity contribution in [2.45, 2.75) is 32.3 Å². The van der Waals surface area contributed by atoms with E-state index in [0.29, 0.717) is 6.54 Å². The molecule has 0 unspecified atom stereocenters. The highest BCUT2D eigenvalue weighted by Gasteiger charge is 2.33. The Morgan fingerprint density at radius 1 is 1.45 bits per heavy atom. The topological polar surface area (TPSA) is 52.6 Å². The van der Waals surface area contributed by atoms with Gasteiger partial charge in [0.1, 0.15) is 11.6 Å². The molecule has 0 aromatic heterocycles. The number of aliphatic hydroxyl groups is 1. The van der Waals surface area contributed by atoms with Gasteiger partial charge < -0.3 is 15.3 Å². The fraction of sp³-hybridized carbons (Fsp3) is 0.562. The summed E-state index contributed by atoms with van der Waals surface area (Å²) < 4.78 is 26.2. The second kappa shape index (κ2) is 6.71. The molecule has 22 heavy (non-hydrogen) atoms. The van der Waals surface area contributed by atoms with E-state index in [9.17, 15) is 18.7 Å². The molecule has 0 radical (unpaired) electrons. The molecule has 1 saturated heterocycles. The Morgan fingerprint density at radius 2 is 2.18 bits per heavy atom. The van der Waals surface area contributed by atoms with Gasteiger partial charge in [0.25, 0.3) is 0 Å². The molecule has 0 bridgehead atoms. The average molecular weight is 312 g/mol. The zero-order chi connectivity index (χ0) is 16.3. The van der Waals surface area contributed by atoms with Gasteiger partial charge in [0.2, 0.25) is 5.91 Å². The number of halogens is 2. The molecule has 1 aliphatic heterocycles. The van der Waals surface area contributed by atoms with E-state index in [0.717, 1.165) is 31.6 Å². The third-order valence-corrected chi connectivity index (χ3v) is 4.13.